The average Bonchev–Trinajstić information content (AvgIpc) is 3.15. The normalized spacial score (nSPS) is 16.9. The molecule has 0 saturated carbocycles. The van der Waals surface area contributed by atoms with Gasteiger partial charge in [-0.15, -0.1) is 21.5 Å². The van der Waals surface area contributed by atoms with Crippen LogP contribution in [0.1, 0.15) is 37.6 Å². The van der Waals surface area contributed by atoms with Gasteiger partial charge in [-0.2, -0.15) is 0 Å². The van der Waals surface area contributed by atoms with Crippen LogP contribution in [0.15, 0.2) is 10.5 Å². The molecule has 2 aromatic rings. The van der Waals surface area contributed by atoms with Crippen LogP contribution in [0.5, 0.6) is 0 Å². The summed E-state index contributed by atoms with van der Waals surface area (Å²) < 4.78 is 7.09. The number of fused-ring (bicyclic) bond motifs is 1. The highest BCUT2D eigenvalue weighted by atomic mass is 32.2. The molecule has 1 aliphatic rings. The number of ether oxygens (including phenoxy) is 1. The molecule has 0 saturated heterocycles. The van der Waals surface area contributed by atoms with Gasteiger partial charge < -0.3 is 9.30 Å². The zero-order valence-electron chi connectivity index (χ0n) is 14.4. The maximum absolute atomic E-state index is 11.6. The van der Waals surface area contributed by atoms with E-state index in [1.165, 1.54) is 40.6 Å². The Morgan fingerprint density at radius 2 is 2.29 bits per heavy atom. The quantitative estimate of drug-likeness (QED) is 0.575. The van der Waals surface area contributed by atoms with Gasteiger partial charge in [-0.1, -0.05) is 18.7 Å². The number of rotatable bonds is 6. The monoisotopic (exact) mass is 365 g/mol. The highest BCUT2D eigenvalue weighted by molar-refractivity contribution is 7.99. The predicted octanol–water partition coefficient (Wildman–Crippen LogP) is 3.81. The van der Waals surface area contributed by atoms with E-state index in [1.54, 1.807) is 0 Å². The zero-order valence-corrected chi connectivity index (χ0v) is 16.0. The van der Waals surface area contributed by atoms with Crippen molar-refractivity contribution in [1.82, 2.24) is 14.8 Å². The van der Waals surface area contributed by atoms with E-state index in [0.29, 0.717) is 6.61 Å². The molecule has 0 aromatic carbocycles. The number of carbonyl (C=O) groups excluding carboxylic acids is 1. The number of nitrogens with zero attached hydrogens (tertiary/aromatic N) is 3. The van der Waals surface area contributed by atoms with Crippen molar-refractivity contribution < 1.29 is 9.53 Å². The first kappa shape index (κ1) is 17.5. The molecule has 0 amide bonds. The van der Waals surface area contributed by atoms with Gasteiger partial charge in [-0.3, -0.25) is 4.79 Å². The number of hydrogen-bond donors (Lipinski definition) is 0. The summed E-state index contributed by atoms with van der Waals surface area (Å²) >= 11 is 3.24. The lowest BCUT2D eigenvalue weighted by molar-refractivity contribution is -0.139. The molecule has 2 aromatic heterocycles. The van der Waals surface area contributed by atoms with Crippen LogP contribution in [0, 0.1) is 5.92 Å². The van der Waals surface area contributed by atoms with Crippen LogP contribution in [0.25, 0.3) is 11.4 Å². The lowest BCUT2D eigenvalue weighted by Gasteiger charge is -2.19. The third kappa shape index (κ3) is 3.52. The van der Waals surface area contributed by atoms with E-state index in [1.807, 2.05) is 18.3 Å². The molecule has 1 aliphatic carbocycles. The fourth-order valence-corrected chi connectivity index (χ4v) is 5.11. The summed E-state index contributed by atoms with van der Waals surface area (Å²) in [7, 11) is 0. The van der Waals surface area contributed by atoms with Crippen LogP contribution in [-0.4, -0.2) is 33.1 Å². The van der Waals surface area contributed by atoms with E-state index < -0.39 is 0 Å². The Morgan fingerprint density at radius 1 is 1.46 bits per heavy atom. The van der Waals surface area contributed by atoms with E-state index in [2.05, 4.69) is 34.0 Å². The Hall–Kier alpha value is -1.34. The molecular weight excluding hydrogens is 342 g/mol. The Balaban J connectivity index is 1.84. The van der Waals surface area contributed by atoms with E-state index >= 15 is 0 Å². The van der Waals surface area contributed by atoms with Gasteiger partial charge in [-0.05, 0) is 44.6 Å². The van der Waals surface area contributed by atoms with Crippen LogP contribution in [-0.2, 0) is 28.9 Å². The number of thiophene rings is 1. The highest BCUT2D eigenvalue weighted by Gasteiger charge is 2.24. The summed E-state index contributed by atoms with van der Waals surface area (Å²) in [5.74, 6) is 1.75. The fourth-order valence-electron chi connectivity index (χ4n) is 3.07. The molecule has 3 rings (SSSR count). The highest BCUT2D eigenvalue weighted by Crippen LogP contribution is 2.38. The molecule has 1 atom stereocenters. The zero-order chi connectivity index (χ0) is 17.1. The topological polar surface area (TPSA) is 57.0 Å². The number of hydrogen-bond acceptors (Lipinski definition) is 6. The minimum Gasteiger partial charge on any atom is -0.465 e. The molecule has 0 fully saturated rings. The summed E-state index contributed by atoms with van der Waals surface area (Å²) in [6.45, 7) is 7.41. The van der Waals surface area contributed by atoms with E-state index in [4.69, 9.17) is 4.74 Å². The summed E-state index contributed by atoms with van der Waals surface area (Å²) in [4.78, 5) is 13.1. The van der Waals surface area contributed by atoms with Crippen LogP contribution in [0.4, 0.5) is 0 Å². The maximum Gasteiger partial charge on any atom is 0.316 e. The number of thioether (sulfide) groups is 1. The Morgan fingerprint density at radius 3 is 3.04 bits per heavy atom. The number of carbonyl (C=O) groups is 1. The standard InChI is InChI=1S/C17H23N3O2S2/c1-4-20-16(18-19-17(20)24-10-15(21)22-5-2)13-9-23-14-8-11(3)6-7-12(13)14/h9,11H,4-8,10H2,1-3H3. The fraction of sp³-hybridized carbons (Fsp3) is 0.588. The van der Waals surface area contributed by atoms with Crippen molar-refractivity contribution in [3.05, 3.63) is 15.8 Å². The molecule has 0 aliphatic heterocycles. The molecule has 7 heteroatoms. The first-order valence-corrected chi connectivity index (χ1v) is 10.3. The summed E-state index contributed by atoms with van der Waals surface area (Å²) in [6.07, 6.45) is 3.53. The van der Waals surface area contributed by atoms with Gasteiger partial charge in [0.05, 0.1) is 12.4 Å². The third-order valence-corrected chi connectivity index (χ3v) is 6.29. The second kappa shape index (κ2) is 7.70. The van der Waals surface area contributed by atoms with Crippen molar-refractivity contribution in [1.29, 1.82) is 0 Å². The Bertz CT molecular complexity index is 723. The minimum atomic E-state index is -0.211. The minimum absolute atomic E-state index is 0.211. The molecule has 2 heterocycles. The lowest BCUT2D eigenvalue weighted by Crippen LogP contribution is -2.10. The Labute approximate surface area is 150 Å². The van der Waals surface area contributed by atoms with Crippen molar-refractivity contribution in [2.45, 2.75) is 51.7 Å². The van der Waals surface area contributed by atoms with Gasteiger partial charge >= 0.3 is 5.97 Å². The summed E-state index contributed by atoms with van der Waals surface area (Å²) in [5, 5.41) is 11.7. The van der Waals surface area contributed by atoms with Crippen molar-refractivity contribution in [2.75, 3.05) is 12.4 Å². The van der Waals surface area contributed by atoms with Crippen LogP contribution < -0.4 is 0 Å². The van der Waals surface area contributed by atoms with Gasteiger partial charge in [0, 0.05) is 22.4 Å². The molecular formula is C17H23N3O2S2. The van der Waals surface area contributed by atoms with Gasteiger partial charge in [0.2, 0.25) is 0 Å². The first-order chi connectivity index (χ1) is 11.6. The smallest absolute Gasteiger partial charge is 0.316 e. The van der Waals surface area contributed by atoms with Gasteiger partial charge in [0.25, 0.3) is 0 Å². The third-order valence-electron chi connectivity index (χ3n) is 4.30. The van der Waals surface area contributed by atoms with Crippen molar-refractivity contribution >= 4 is 29.1 Å². The first-order valence-electron chi connectivity index (χ1n) is 8.45. The van der Waals surface area contributed by atoms with Crippen molar-refractivity contribution in [2.24, 2.45) is 5.92 Å². The molecule has 0 N–H and O–H groups in total. The van der Waals surface area contributed by atoms with Crippen molar-refractivity contribution in [3.8, 4) is 11.4 Å². The van der Waals surface area contributed by atoms with Crippen molar-refractivity contribution in [3.63, 3.8) is 0 Å². The van der Waals surface area contributed by atoms with Gasteiger partial charge in [0.1, 0.15) is 0 Å². The maximum atomic E-state index is 11.6. The predicted molar refractivity (Wildman–Crippen MR) is 97.6 cm³/mol. The summed E-state index contributed by atoms with van der Waals surface area (Å²) in [5.41, 5.74) is 2.67. The second-order valence-electron chi connectivity index (χ2n) is 6.04. The second-order valence-corrected chi connectivity index (χ2v) is 7.95. The average molecular weight is 366 g/mol. The van der Waals surface area contributed by atoms with Crippen LogP contribution in [0.3, 0.4) is 0 Å². The Kier molecular flexibility index (Phi) is 5.61. The molecule has 24 heavy (non-hydrogen) atoms. The van der Waals surface area contributed by atoms with Gasteiger partial charge in [-0.25, -0.2) is 0 Å². The van der Waals surface area contributed by atoms with E-state index in [-0.39, 0.29) is 11.7 Å². The molecule has 0 spiro atoms. The summed E-state index contributed by atoms with van der Waals surface area (Å²) in [6, 6.07) is 0. The molecule has 1 unspecified atom stereocenters. The van der Waals surface area contributed by atoms with Gasteiger partial charge in [0.15, 0.2) is 11.0 Å². The SMILES string of the molecule is CCOC(=O)CSc1nnc(-c2csc3c2CCC(C)C3)n1CC. The van der Waals surface area contributed by atoms with E-state index in [0.717, 1.165) is 29.9 Å². The van der Waals surface area contributed by atoms with E-state index in [9.17, 15) is 4.79 Å². The molecule has 5 nitrogen and oxygen atoms in total. The lowest BCUT2D eigenvalue weighted by atomic mass is 9.88. The number of esters is 1. The van der Waals surface area contributed by atoms with Crippen LogP contribution in [0.2, 0.25) is 0 Å². The molecule has 130 valence electrons. The largest absolute Gasteiger partial charge is 0.465 e. The molecule has 0 radical (unpaired) electrons. The van der Waals surface area contributed by atoms with Crippen LogP contribution >= 0.6 is 23.1 Å². The number of aromatic nitrogens is 3. The molecule has 0 bridgehead atoms.